The molecule has 1 fully saturated rings. The minimum absolute atomic E-state index is 0.230. The van der Waals surface area contributed by atoms with Gasteiger partial charge in [-0.3, -0.25) is 4.90 Å². The van der Waals surface area contributed by atoms with Gasteiger partial charge in [0, 0.05) is 25.2 Å². The highest BCUT2D eigenvalue weighted by atomic mass is 16.5. The second-order valence-electron chi connectivity index (χ2n) is 5.11. The molecule has 0 aromatic heterocycles. The summed E-state index contributed by atoms with van der Waals surface area (Å²) in [6, 6.07) is 0.733. The summed E-state index contributed by atoms with van der Waals surface area (Å²) in [5, 5.41) is 12.7. The Morgan fingerprint density at radius 3 is 2.88 bits per heavy atom. The highest BCUT2D eigenvalue weighted by Crippen LogP contribution is 2.12. The number of rotatable bonds is 7. The Kier molecular flexibility index (Phi) is 7.04. The van der Waals surface area contributed by atoms with Crippen LogP contribution < -0.4 is 5.32 Å². The van der Waals surface area contributed by atoms with Gasteiger partial charge in [-0.15, -0.1) is 0 Å². The van der Waals surface area contributed by atoms with Gasteiger partial charge in [-0.1, -0.05) is 6.92 Å². The zero-order chi connectivity index (χ0) is 12.7. The Labute approximate surface area is 105 Å². The molecule has 0 aromatic carbocycles. The highest BCUT2D eigenvalue weighted by Gasteiger charge is 2.23. The second-order valence-corrected chi connectivity index (χ2v) is 5.11. The normalized spacial score (nSPS) is 28.2. The van der Waals surface area contributed by atoms with E-state index in [-0.39, 0.29) is 12.6 Å². The van der Waals surface area contributed by atoms with E-state index < -0.39 is 0 Å². The SMILES string of the molecule is CCCNC(CO)CCN1CC(C)OCC1C. The number of hydrogen-bond acceptors (Lipinski definition) is 4. The van der Waals surface area contributed by atoms with Gasteiger partial charge in [0.15, 0.2) is 0 Å². The van der Waals surface area contributed by atoms with E-state index in [4.69, 9.17) is 4.74 Å². The van der Waals surface area contributed by atoms with Crippen molar-refractivity contribution in [2.24, 2.45) is 0 Å². The predicted molar refractivity (Wildman–Crippen MR) is 70.2 cm³/mol. The van der Waals surface area contributed by atoms with Crippen LogP contribution in [0.15, 0.2) is 0 Å². The molecular formula is C13H28N2O2. The van der Waals surface area contributed by atoms with Crippen LogP contribution in [-0.2, 0) is 4.74 Å². The largest absolute Gasteiger partial charge is 0.395 e. The molecule has 1 rings (SSSR count). The van der Waals surface area contributed by atoms with Gasteiger partial charge >= 0.3 is 0 Å². The van der Waals surface area contributed by atoms with E-state index in [1.54, 1.807) is 0 Å². The third-order valence-electron chi connectivity index (χ3n) is 3.41. The van der Waals surface area contributed by atoms with E-state index in [0.29, 0.717) is 12.1 Å². The van der Waals surface area contributed by atoms with Crippen LogP contribution >= 0.6 is 0 Å². The van der Waals surface area contributed by atoms with Gasteiger partial charge in [-0.2, -0.15) is 0 Å². The molecule has 0 radical (unpaired) electrons. The third-order valence-corrected chi connectivity index (χ3v) is 3.41. The minimum atomic E-state index is 0.230. The number of nitrogens with zero attached hydrogens (tertiary/aromatic N) is 1. The Morgan fingerprint density at radius 2 is 2.24 bits per heavy atom. The Balaban J connectivity index is 2.26. The first-order valence-electron chi connectivity index (χ1n) is 6.87. The number of aliphatic hydroxyl groups is 1. The van der Waals surface area contributed by atoms with Gasteiger partial charge < -0.3 is 15.2 Å². The van der Waals surface area contributed by atoms with Crippen LogP contribution in [0.1, 0.15) is 33.6 Å². The zero-order valence-electron chi connectivity index (χ0n) is 11.5. The van der Waals surface area contributed by atoms with Crippen molar-refractivity contribution < 1.29 is 9.84 Å². The van der Waals surface area contributed by atoms with Crippen LogP contribution in [0, 0.1) is 0 Å². The summed E-state index contributed by atoms with van der Waals surface area (Å²) >= 11 is 0. The van der Waals surface area contributed by atoms with Crippen LogP contribution in [0.3, 0.4) is 0 Å². The predicted octanol–water partition coefficient (Wildman–Crippen LogP) is 0.846. The fourth-order valence-electron chi connectivity index (χ4n) is 2.21. The van der Waals surface area contributed by atoms with Gasteiger partial charge in [0.1, 0.15) is 0 Å². The number of morpholine rings is 1. The Bertz CT molecular complexity index is 202. The summed E-state index contributed by atoms with van der Waals surface area (Å²) in [4.78, 5) is 2.46. The first-order valence-corrected chi connectivity index (χ1v) is 6.87. The molecule has 17 heavy (non-hydrogen) atoms. The maximum atomic E-state index is 9.29. The lowest BCUT2D eigenvalue weighted by molar-refractivity contribution is -0.0505. The minimum Gasteiger partial charge on any atom is -0.395 e. The molecule has 1 aliphatic heterocycles. The summed E-state index contributed by atoms with van der Waals surface area (Å²) in [7, 11) is 0. The number of nitrogens with one attached hydrogen (secondary N) is 1. The molecule has 0 aromatic rings. The van der Waals surface area contributed by atoms with Crippen molar-refractivity contribution in [1.82, 2.24) is 10.2 Å². The standard InChI is InChI=1S/C13H28N2O2/c1-4-6-14-13(9-16)5-7-15-8-12(3)17-10-11(15)2/h11-14,16H,4-10H2,1-3H3. The van der Waals surface area contributed by atoms with Crippen LogP contribution in [0.25, 0.3) is 0 Å². The lowest BCUT2D eigenvalue weighted by Gasteiger charge is -2.37. The van der Waals surface area contributed by atoms with Crippen LogP contribution in [0.5, 0.6) is 0 Å². The van der Waals surface area contributed by atoms with Crippen molar-refractivity contribution in [3.63, 3.8) is 0 Å². The molecule has 0 aliphatic carbocycles. The number of ether oxygens (including phenoxy) is 1. The van der Waals surface area contributed by atoms with Crippen molar-refractivity contribution >= 4 is 0 Å². The van der Waals surface area contributed by atoms with Gasteiger partial charge in [0.2, 0.25) is 0 Å². The summed E-state index contributed by atoms with van der Waals surface area (Å²) in [6.45, 7) is 10.6. The van der Waals surface area contributed by atoms with Gasteiger partial charge in [0.25, 0.3) is 0 Å². The molecule has 3 atom stereocenters. The fraction of sp³-hybridized carbons (Fsp3) is 1.00. The zero-order valence-corrected chi connectivity index (χ0v) is 11.5. The van der Waals surface area contributed by atoms with Crippen LogP contribution in [0.4, 0.5) is 0 Å². The molecule has 2 N–H and O–H groups in total. The summed E-state index contributed by atoms with van der Waals surface area (Å²) in [6.07, 6.45) is 2.46. The van der Waals surface area contributed by atoms with Gasteiger partial charge in [-0.25, -0.2) is 0 Å². The first kappa shape index (κ1) is 14.9. The quantitative estimate of drug-likeness (QED) is 0.697. The first-order chi connectivity index (χ1) is 8.17. The molecule has 0 spiro atoms. The lowest BCUT2D eigenvalue weighted by Crippen LogP contribution is -2.49. The van der Waals surface area contributed by atoms with E-state index in [1.807, 2.05) is 0 Å². The average molecular weight is 244 g/mol. The van der Waals surface area contributed by atoms with E-state index in [1.165, 1.54) is 0 Å². The van der Waals surface area contributed by atoms with E-state index >= 15 is 0 Å². The molecule has 0 saturated carbocycles. The van der Waals surface area contributed by atoms with E-state index in [9.17, 15) is 5.11 Å². The number of aliphatic hydroxyl groups excluding tert-OH is 1. The van der Waals surface area contributed by atoms with E-state index in [0.717, 1.165) is 39.1 Å². The molecule has 1 heterocycles. The highest BCUT2D eigenvalue weighted by molar-refractivity contribution is 4.77. The maximum absolute atomic E-state index is 9.29. The van der Waals surface area contributed by atoms with Gasteiger partial charge in [0.05, 0.1) is 19.3 Å². The molecule has 1 aliphatic rings. The summed E-state index contributed by atoms with van der Waals surface area (Å²) in [5.74, 6) is 0. The molecule has 0 amide bonds. The summed E-state index contributed by atoms with van der Waals surface area (Å²) < 4.78 is 5.61. The molecule has 4 nitrogen and oxygen atoms in total. The molecule has 0 bridgehead atoms. The summed E-state index contributed by atoms with van der Waals surface area (Å²) in [5.41, 5.74) is 0. The Morgan fingerprint density at radius 1 is 1.47 bits per heavy atom. The van der Waals surface area contributed by atoms with Crippen LogP contribution in [-0.4, -0.2) is 61.0 Å². The van der Waals surface area contributed by atoms with Crippen molar-refractivity contribution in [1.29, 1.82) is 0 Å². The molecule has 3 unspecified atom stereocenters. The van der Waals surface area contributed by atoms with Crippen molar-refractivity contribution in [2.75, 3.05) is 32.8 Å². The van der Waals surface area contributed by atoms with Crippen LogP contribution in [0.2, 0.25) is 0 Å². The monoisotopic (exact) mass is 244 g/mol. The van der Waals surface area contributed by atoms with E-state index in [2.05, 4.69) is 31.0 Å². The topological polar surface area (TPSA) is 44.7 Å². The van der Waals surface area contributed by atoms with Crippen molar-refractivity contribution in [3.8, 4) is 0 Å². The second kappa shape index (κ2) is 8.03. The molecule has 1 saturated heterocycles. The fourth-order valence-corrected chi connectivity index (χ4v) is 2.21. The van der Waals surface area contributed by atoms with Crippen molar-refractivity contribution in [2.45, 2.75) is 51.8 Å². The van der Waals surface area contributed by atoms with Crippen molar-refractivity contribution in [3.05, 3.63) is 0 Å². The van der Waals surface area contributed by atoms with Gasteiger partial charge in [-0.05, 0) is 33.2 Å². The lowest BCUT2D eigenvalue weighted by atomic mass is 10.1. The molecule has 4 heteroatoms. The smallest absolute Gasteiger partial charge is 0.0674 e. The molecule has 102 valence electrons. The maximum Gasteiger partial charge on any atom is 0.0674 e. The third kappa shape index (κ3) is 5.34. The number of hydrogen-bond donors (Lipinski definition) is 2. The average Bonchev–Trinajstić information content (AvgIpc) is 2.33. The molecular weight excluding hydrogens is 216 g/mol. The Hall–Kier alpha value is -0.160.